The molecule has 0 radical (unpaired) electrons. The molecule has 0 bridgehead atoms. The van der Waals surface area contributed by atoms with Gasteiger partial charge in [-0.25, -0.2) is 8.78 Å². The van der Waals surface area contributed by atoms with Gasteiger partial charge in [0.25, 0.3) is 0 Å². The zero-order chi connectivity index (χ0) is 9.72. The van der Waals surface area contributed by atoms with Crippen molar-refractivity contribution < 1.29 is 33.9 Å². The van der Waals surface area contributed by atoms with Crippen molar-refractivity contribution in [3.8, 4) is 0 Å². The molecule has 0 N–H and O–H groups in total. The van der Waals surface area contributed by atoms with Gasteiger partial charge in [0.15, 0.2) is 0 Å². The van der Waals surface area contributed by atoms with Gasteiger partial charge in [-0.2, -0.15) is 0 Å². The van der Waals surface area contributed by atoms with Crippen molar-refractivity contribution in [1.82, 2.24) is 0 Å². The number of benzene rings is 1. The molecule has 12 heavy (non-hydrogen) atoms. The summed E-state index contributed by atoms with van der Waals surface area (Å²) in [6.45, 7) is 0. The van der Waals surface area contributed by atoms with Crippen LogP contribution < -0.4 is 0 Å². The first-order valence-electron chi connectivity index (χ1n) is 2.60. The van der Waals surface area contributed by atoms with Gasteiger partial charge < -0.3 is 0 Å². The van der Waals surface area contributed by atoms with Crippen molar-refractivity contribution in [2.24, 2.45) is 0 Å². The van der Waals surface area contributed by atoms with E-state index >= 15 is 0 Å². The Morgan fingerprint density at radius 3 is 1.58 bits per heavy atom. The van der Waals surface area contributed by atoms with Gasteiger partial charge in [0, 0.05) is 23.3 Å². The quantitative estimate of drug-likeness (QED) is 0.299. The first-order chi connectivity index (χ1) is 5.61. The van der Waals surface area contributed by atoms with Gasteiger partial charge in [-0.15, -0.1) is 6.07 Å². The Hall–Kier alpha value is 0.0434. The molecule has 0 nitrogen and oxygen atoms in total. The zero-order valence-electron chi connectivity index (χ0n) is 5.67. The molecular formula is C6HBrF4Zn. The van der Waals surface area contributed by atoms with E-state index in [0.717, 1.165) is 0 Å². The van der Waals surface area contributed by atoms with Crippen LogP contribution >= 0.6 is 13.6 Å². The normalized spacial score (nSPS) is 8.92. The molecule has 0 aliphatic carbocycles. The van der Waals surface area contributed by atoms with Crippen LogP contribution in [0.4, 0.5) is 17.6 Å². The molecular weight excluding hydrogens is 293 g/mol. The van der Waals surface area contributed by atoms with E-state index in [-0.39, 0.29) is 6.07 Å². The molecule has 0 aliphatic heterocycles. The molecule has 0 heterocycles. The molecule has 0 atom stereocenters. The number of rotatable bonds is 0. The van der Waals surface area contributed by atoms with Gasteiger partial charge in [-0.1, -0.05) is 6.07 Å². The van der Waals surface area contributed by atoms with E-state index in [1.807, 2.05) is 0 Å². The van der Waals surface area contributed by atoms with Crippen LogP contribution in [0.2, 0.25) is 0 Å². The Morgan fingerprint density at radius 2 is 1.33 bits per heavy atom. The summed E-state index contributed by atoms with van der Waals surface area (Å²) in [4.78, 5) is 0. The molecule has 0 fully saturated rings. The molecule has 1 aromatic rings. The summed E-state index contributed by atoms with van der Waals surface area (Å²) in [5, 5.41) is 0. The number of hydrogen-bond acceptors (Lipinski definition) is 0. The fourth-order valence-corrected chi connectivity index (χ4v) is 0.454. The number of hydrogen-bond donors (Lipinski definition) is 0. The minimum atomic E-state index is -1.51. The van der Waals surface area contributed by atoms with Crippen LogP contribution in [0.15, 0.2) is 6.07 Å². The van der Waals surface area contributed by atoms with Crippen molar-refractivity contribution in [3.63, 3.8) is 0 Å². The van der Waals surface area contributed by atoms with Crippen LogP contribution in [0.25, 0.3) is 0 Å². The van der Waals surface area contributed by atoms with E-state index in [1.165, 1.54) is 22.4 Å². The maximum atomic E-state index is 11.9. The summed E-state index contributed by atoms with van der Waals surface area (Å²) in [5.41, 5.74) is 0. The van der Waals surface area contributed by atoms with Crippen molar-refractivity contribution in [2.75, 3.05) is 0 Å². The minimum absolute atomic E-state index is 0.126. The Morgan fingerprint density at radius 1 is 1.00 bits per heavy atom. The molecule has 62 valence electrons. The average Bonchev–Trinajstić information content (AvgIpc) is 2.05. The molecule has 0 spiro atoms. The third-order valence-electron chi connectivity index (χ3n) is 0.892. The first-order valence-corrected chi connectivity index (χ1v) is 9.55. The molecule has 1 aromatic carbocycles. The molecule has 0 unspecified atom stereocenters. The van der Waals surface area contributed by atoms with E-state index in [4.69, 9.17) is 0 Å². The van der Waals surface area contributed by atoms with E-state index in [9.17, 15) is 17.6 Å². The summed E-state index contributed by atoms with van der Waals surface area (Å²) < 4.78 is 47.7. The van der Waals surface area contributed by atoms with Gasteiger partial charge in [0.2, 0.25) is 0 Å². The molecule has 0 saturated carbocycles. The summed E-state index contributed by atoms with van der Waals surface area (Å²) in [6, 6.07) is 1.35. The second kappa shape index (κ2) is 5.65. The summed E-state index contributed by atoms with van der Waals surface area (Å²) in [5.74, 6) is -5.92. The van der Waals surface area contributed by atoms with Gasteiger partial charge in [0.1, 0.15) is 0 Å². The van der Waals surface area contributed by atoms with Crippen LogP contribution in [0, 0.1) is 29.3 Å². The van der Waals surface area contributed by atoms with E-state index in [2.05, 4.69) is 13.6 Å². The molecule has 0 aromatic heterocycles. The Kier molecular flexibility index (Phi) is 5.67. The van der Waals surface area contributed by atoms with Crippen LogP contribution in [0.1, 0.15) is 0 Å². The molecule has 0 saturated heterocycles. The summed E-state index contributed by atoms with van der Waals surface area (Å²) in [7, 11) is 0. The van der Waals surface area contributed by atoms with Crippen LogP contribution in [0.5, 0.6) is 0 Å². The van der Waals surface area contributed by atoms with Gasteiger partial charge >= 0.3 is 30.0 Å². The van der Waals surface area contributed by atoms with Gasteiger partial charge in [-0.3, -0.25) is 8.78 Å². The molecule has 0 amide bonds. The maximum absolute atomic E-state index is 11.9. The predicted octanol–water partition coefficient (Wildman–Crippen LogP) is 2.89. The predicted molar refractivity (Wildman–Crippen MR) is 34.0 cm³/mol. The van der Waals surface area contributed by atoms with Gasteiger partial charge in [0.05, 0.1) is 0 Å². The van der Waals surface area contributed by atoms with Crippen molar-refractivity contribution in [3.05, 3.63) is 35.4 Å². The summed E-state index contributed by atoms with van der Waals surface area (Å²) in [6.07, 6.45) is 0. The second-order valence-corrected chi connectivity index (χ2v) is 1.59. The second-order valence-electron chi connectivity index (χ2n) is 1.59. The van der Waals surface area contributed by atoms with Crippen molar-refractivity contribution in [2.45, 2.75) is 0 Å². The standard InChI is InChI=1S/C6HF4.BrH.Zn/c7-3-1-4(8)6(10)2-5(3)9;;/h1H;1H;/q-1;;+2/p-1. The molecule has 6 heteroatoms. The van der Waals surface area contributed by atoms with Gasteiger partial charge in [-0.05, 0) is 0 Å². The van der Waals surface area contributed by atoms with Crippen LogP contribution in [-0.4, -0.2) is 0 Å². The van der Waals surface area contributed by atoms with Crippen molar-refractivity contribution >= 4 is 13.6 Å². The first kappa shape index (κ1) is 12.0. The fraction of sp³-hybridized carbons (Fsp3) is 0. The Labute approximate surface area is 83.0 Å². The van der Waals surface area contributed by atoms with Crippen LogP contribution in [-0.2, 0) is 16.3 Å². The van der Waals surface area contributed by atoms with Crippen molar-refractivity contribution in [1.29, 1.82) is 0 Å². The SMILES string of the molecule is Fc1[c-]c(F)c(F)cc1F.[Zn+][Br]. The topological polar surface area (TPSA) is 0 Å². The van der Waals surface area contributed by atoms with E-state index in [1.54, 1.807) is 0 Å². The number of halogens is 5. The molecule has 1 rings (SSSR count). The third-order valence-corrected chi connectivity index (χ3v) is 0.892. The monoisotopic (exact) mass is 292 g/mol. The van der Waals surface area contributed by atoms with E-state index < -0.39 is 23.3 Å². The summed E-state index contributed by atoms with van der Waals surface area (Å²) >= 11 is 4.25. The van der Waals surface area contributed by atoms with Crippen LogP contribution in [0.3, 0.4) is 0 Å². The Bertz CT molecular complexity index is 216. The fourth-order valence-electron chi connectivity index (χ4n) is 0.454. The zero-order valence-corrected chi connectivity index (χ0v) is 10.2. The Balaban J connectivity index is 0.000000561. The third kappa shape index (κ3) is 3.19. The average molecular weight is 294 g/mol. The van der Waals surface area contributed by atoms with E-state index in [0.29, 0.717) is 0 Å². The molecule has 0 aliphatic rings.